The lowest BCUT2D eigenvalue weighted by atomic mass is 9.95. The van der Waals surface area contributed by atoms with E-state index < -0.39 is 0 Å². The Kier molecular flexibility index (Phi) is 5.50. The third-order valence-corrected chi connectivity index (χ3v) is 4.88. The zero-order valence-corrected chi connectivity index (χ0v) is 16.1. The number of amides is 1. The molecule has 2 rings (SSSR count). The van der Waals surface area contributed by atoms with Gasteiger partial charge in [0.2, 0.25) is 0 Å². The van der Waals surface area contributed by atoms with Gasteiger partial charge in [0.1, 0.15) is 11.4 Å². The Morgan fingerprint density at radius 3 is 2.50 bits per heavy atom. The molecule has 0 bridgehead atoms. The lowest BCUT2D eigenvalue weighted by Gasteiger charge is -2.22. The second kappa shape index (κ2) is 7.07. The van der Waals surface area contributed by atoms with E-state index in [0.29, 0.717) is 28.9 Å². The first-order valence-electron chi connectivity index (χ1n) is 7.78. The molecule has 2 aromatic rings. The topological polar surface area (TPSA) is 66.1 Å². The summed E-state index contributed by atoms with van der Waals surface area (Å²) in [6, 6.07) is 3.69. The van der Waals surface area contributed by atoms with Crippen LogP contribution in [0.1, 0.15) is 54.4 Å². The Morgan fingerprint density at radius 2 is 2.04 bits per heavy atom. The summed E-state index contributed by atoms with van der Waals surface area (Å²) in [6.07, 6.45) is 0. The summed E-state index contributed by atoms with van der Waals surface area (Å²) in [5.74, 6) is 0.267. The van der Waals surface area contributed by atoms with Crippen LogP contribution < -0.4 is 5.56 Å². The Hall–Kier alpha value is -1.66. The third-order valence-electron chi connectivity index (χ3n) is 3.67. The molecular weight excluding hydrogens is 346 g/mol. The largest absolute Gasteiger partial charge is 0.334 e. The summed E-state index contributed by atoms with van der Waals surface area (Å²) in [5.41, 5.74) is -0.118. The van der Waals surface area contributed by atoms with Crippen molar-refractivity contribution in [3.8, 4) is 0 Å². The van der Waals surface area contributed by atoms with Crippen molar-refractivity contribution in [3.63, 3.8) is 0 Å². The molecule has 0 atom stereocenters. The number of aryl methyl sites for hydroxylation is 1. The van der Waals surface area contributed by atoms with Crippen molar-refractivity contribution in [2.75, 3.05) is 6.54 Å². The van der Waals surface area contributed by atoms with Crippen LogP contribution in [0.25, 0.3) is 0 Å². The van der Waals surface area contributed by atoms with Gasteiger partial charge in [-0.05, 0) is 26.0 Å². The summed E-state index contributed by atoms with van der Waals surface area (Å²) in [4.78, 5) is 35.1. The van der Waals surface area contributed by atoms with Crippen LogP contribution in [-0.2, 0) is 12.0 Å². The van der Waals surface area contributed by atoms with Crippen molar-refractivity contribution in [2.45, 2.75) is 46.6 Å². The summed E-state index contributed by atoms with van der Waals surface area (Å²) >= 11 is 7.37. The molecular formula is C17H22ClN3O2S. The van der Waals surface area contributed by atoms with Crippen LogP contribution in [-0.4, -0.2) is 27.3 Å². The van der Waals surface area contributed by atoms with Gasteiger partial charge in [0.15, 0.2) is 0 Å². The number of hydrogen-bond acceptors (Lipinski definition) is 4. The van der Waals surface area contributed by atoms with Gasteiger partial charge in [-0.1, -0.05) is 32.4 Å². The zero-order valence-electron chi connectivity index (χ0n) is 14.6. The first-order chi connectivity index (χ1) is 11.1. The molecule has 0 unspecified atom stereocenters. The molecule has 7 heteroatoms. The lowest BCUT2D eigenvalue weighted by molar-refractivity contribution is 0.0750. The normalized spacial score (nSPS) is 11.6. The molecule has 24 heavy (non-hydrogen) atoms. The maximum atomic E-state index is 12.8. The summed E-state index contributed by atoms with van der Waals surface area (Å²) in [6.45, 7) is 10.4. The molecule has 0 aliphatic carbocycles. The van der Waals surface area contributed by atoms with Gasteiger partial charge in [0, 0.05) is 16.8 Å². The van der Waals surface area contributed by atoms with Crippen LogP contribution in [0.5, 0.6) is 0 Å². The van der Waals surface area contributed by atoms with Crippen LogP contribution >= 0.6 is 22.9 Å². The summed E-state index contributed by atoms with van der Waals surface area (Å²) in [7, 11) is 0. The maximum absolute atomic E-state index is 12.8. The average Bonchev–Trinajstić information content (AvgIpc) is 2.88. The molecule has 1 amide bonds. The number of carbonyl (C=O) groups is 1. The maximum Gasteiger partial charge on any atom is 0.264 e. The second-order valence-corrected chi connectivity index (χ2v) is 8.45. The van der Waals surface area contributed by atoms with Crippen LogP contribution in [0.3, 0.4) is 0 Å². The number of rotatable bonds is 4. The molecule has 2 heterocycles. The van der Waals surface area contributed by atoms with E-state index in [1.165, 1.54) is 11.3 Å². The molecule has 0 aromatic carbocycles. The second-order valence-electron chi connectivity index (χ2n) is 6.65. The molecule has 0 aliphatic heterocycles. The molecule has 0 saturated carbocycles. The Labute approximate surface area is 150 Å². The number of aromatic nitrogens is 2. The number of carbonyl (C=O) groups excluding carboxylic acids is 1. The Balaban J connectivity index is 2.35. The minimum absolute atomic E-state index is 0.104. The van der Waals surface area contributed by atoms with Gasteiger partial charge < -0.3 is 9.88 Å². The number of halogens is 1. The fraction of sp³-hybridized carbons (Fsp3) is 0.471. The highest BCUT2D eigenvalue weighted by Gasteiger charge is 2.25. The Bertz CT molecular complexity index is 805. The van der Waals surface area contributed by atoms with Crippen LogP contribution in [0.4, 0.5) is 0 Å². The van der Waals surface area contributed by atoms with E-state index >= 15 is 0 Å². The first kappa shape index (κ1) is 18.7. The van der Waals surface area contributed by atoms with Crippen LogP contribution in [0, 0.1) is 6.92 Å². The van der Waals surface area contributed by atoms with Crippen molar-refractivity contribution in [1.29, 1.82) is 0 Å². The fourth-order valence-electron chi connectivity index (χ4n) is 2.30. The van der Waals surface area contributed by atoms with Gasteiger partial charge in [0.25, 0.3) is 11.5 Å². The number of hydrogen-bond donors (Lipinski definition) is 1. The van der Waals surface area contributed by atoms with Gasteiger partial charge in [-0.3, -0.25) is 9.59 Å². The minimum atomic E-state index is -0.389. The number of H-pyrrole nitrogens is 1. The van der Waals surface area contributed by atoms with Gasteiger partial charge in [0.05, 0.1) is 16.6 Å². The number of aromatic amines is 1. The van der Waals surface area contributed by atoms with E-state index in [-0.39, 0.29) is 22.4 Å². The number of nitrogens with zero attached hydrogens (tertiary/aromatic N) is 2. The molecule has 0 fully saturated rings. The molecule has 5 nitrogen and oxygen atoms in total. The monoisotopic (exact) mass is 367 g/mol. The quantitative estimate of drug-likeness (QED) is 0.894. The predicted molar refractivity (Wildman–Crippen MR) is 98.0 cm³/mol. The first-order valence-corrected chi connectivity index (χ1v) is 8.97. The van der Waals surface area contributed by atoms with Crippen molar-refractivity contribution < 1.29 is 4.79 Å². The van der Waals surface area contributed by atoms with Gasteiger partial charge in [-0.15, -0.1) is 11.3 Å². The Morgan fingerprint density at radius 1 is 1.38 bits per heavy atom. The van der Waals surface area contributed by atoms with Crippen molar-refractivity contribution in [1.82, 2.24) is 14.9 Å². The number of thiophene rings is 1. The molecule has 0 radical (unpaired) electrons. The van der Waals surface area contributed by atoms with Crippen LogP contribution in [0.15, 0.2) is 16.9 Å². The number of nitrogens with one attached hydrogen (secondary N) is 1. The van der Waals surface area contributed by atoms with E-state index in [9.17, 15) is 9.59 Å². The molecule has 0 spiro atoms. The fourth-order valence-corrected chi connectivity index (χ4v) is 3.41. The molecule has 1 N–H and O–H groups in total. The SMILES string of the molecule is CCN(Cc1ccc(Cl)s1)C(=O)c1c(C)nc(C(C)(C)C)[nH]c1=O. The van der Waals surface area contributed by atoms with Crippen LogP contribution in [0.2, 0.25) is 4.34 Å². The van der Waals surface area contributed by atoms with E-state index in [0.717, 1.165) is 4.88 Å². The third kappa shape index (κ3) is 4.05. The van der Waals surface area contributed by atoms with Crippen molar-refractivity contribution >= 4 is 28.8 Å². The summed E-state index contributed by atoms with van der Waals surface area (Å²) < 4.78 is 0.679. The molecule has 2 aromatic heterocycles. The predicted octanol–water partition coefficient (Wildman–Crippen LogP) is 3.75. The van der Waals surface area contributed by atoms with Crippen molar-refractivity contribution in [2.24, 2.45) is 0 Å². The lowest BCUT2D eigenvalue weighted by Crippen LogP contribution is -2.36. The van der Waals surface area contributed by atoms with Gasteiger partial charge >= 0.3 is 0 Å². The molecule has 0 saturated heterocycles. The smallest absolute Gasteiger partial charge is 0.264 e. The van der Waals surface area contributed by atoms with E-state index in [1.54, 1.807) is 17.9 Å². The standard InChI is InChI=1S/C17H22ClN3O2S/c1-6-21(9-11-7-8-12(18)24-11)15(23)13-10(2)19-16(17(3,4)5)20-14(13)22/h7-8H,6,9H2,1-5H3,(H,19,20,22). The minimum Gasteiger partial charge on any atom is -0.334 e. The zero-order chi connectivity index (χ0) is 18.1. The van der Waals surface area contributed by atoms with Gasteiger partial charge in [-0.25, -0.2) is 4.98 Å². The van der Waals surface area contributed by atoms with E-state index in [4.69, 9.17) is 11.6 Å². The van der Waals surface area contributed by atoms with Crippen molar-refractivity contribution in [3.05, 3.63) is 48.8 Å². The molecule has 0 aliphatic rings. The highest BCUT2D eigenvalue weighted by Crippen LogP contribution is 2.23. The highest BCUT2D eigenvalue weighted by molar-refractivity contribution is 7.16. The highest BCUT2D eigenvalue weighted by atomic mass is 35.5. The summed E-state index contributed by atoms with van der Waals surface area (Å²) in [5, 5.41) is 0. The van der Waals surface area contributed by atoms with Gasteiger partial charge in [-0.2, -0.15) is 0 Å². The molecule has 130 valence electrons. The average molecular weight is 368 g/mol. The van der Waals surface area contributed by atoms with E-state index in [2.05, 4.69) is 9.97 Å². The van der Waals surface area contributed by atoms with E-state index in [1.807, 2.05) is 33.8 Å².